The minimum absolute atomic E-state index is 0.593. The third-order valence-electron chi connectivity index (χ3n) is 5.13. The summed E-state index contributed by atoms with van der Waals surface area (Å²) in [4.78, 5) is 0. The molecule has 1 nitrogen and oxygen atoms in total. The molecule has 2 aromatic rings. The molecule has 1 heteroatoms. The van der Waals surface area contributed by atoms with Gasteiger partial charge in [-0.15, -0.1) is 0 Å². The fourth-order valence-electron chi connectivity index (χ4n) is 3.64. The molecule has 2 atom stereocenters. The molecule has 0 bridgehead atoms. The molecule has 0 fully saturated rings. The van der Waals surface area contributed by atoms with Crippen molar-refractivity contribution < 1.29 is 0 Å². The molecule has 1 aliphatic rings. The van der Waals surface area contributed by atoms with Crippen LogP contribution in [0.15, 0.2) is 84.6 Å². The summed E-state index contributed by atoms with van der Waals surface area (Å²) < 4.78 is 0. The van der Waals surface area contributed by atoms with Gasteiger partial charge in [0.2, 0.25) is 0 Å². The monoisotopic (exact) mass is 343 g/mol. The zero-order chi connectivity index (χ0) is 18.2. The molecule has 0 saturated heterocycles. The Labute approximate surface area is 158 Å². The van der Waals surface area contributed by atoms with Gasteiger partial charge in [-0.1, -0.05) is 85.8 Å². The van der Waals surface area contributed by atoms with E-state index in [1.807, 2.05) is 7.05 Å². The van der Waals surface area contributed by atoms with Gasteiger partial charge in [-0.3, -0.25) is 0 Å². The number of benzene rings is 2. The summed E-state index contributed by atoms with van der Waals surface area (Å²) in [6.45, 7) is 2.28. The second-order valence-corrected chi connectivity index (χ2v) is 6.99. The van der Waals surface area contributed by atoms with Crippen LogP contribution in [0.1, 0.15) is 37.3 Å². The first kappa shape index (κ1) is 18.3. The van der Waals surface area contributed by atoms with Crippen LogP contribution in [-0.4, -0.2) is 7.05 Å². The summed E-state index contributed by atoms with van der Waals surface area (Å²) in [5.41, 5.74) is 4.94. The Bertz CT molecular complexity index is 768. The maximum absolute atomic E-state index is 3.47. The zero-order valence-electron chi connectivity index (χ0n) is 15.9. The summed E-state index contributed by atoms with van der Waals surface area (Å²) in [5.74, 6) is 1.30. The molecular formula is C25H29N. The summed E-state index contributed by atoms with van der Waals surface area (Å²) in [6.07, 6.45) is 13.1. The highest BCUT2D eigenvalue weighted by atomic mass is 14.8. The summed E-state index contributed by atoms with van der Waals surface area (Å²) in [6, 6.07) is 21.2. The lowest BCUT2D eigenvalue weighted by Gasteiger charge is -2.23. The smallest absolute Gasteiger partial charge is 0.0379 e. The lowest BCUT2D eigenvalue weighted by Crippen LogP contribution is -2.14. The molecule has 0 saturated carbocycles. The van der Waals surface area contributed by atoms with E-state index in [9.17, 15) is 0 Å². The molecule has 26 heavy (non-hydrogen) atoms. The highest BCUT2D eigenvalue weighted by Gasteiger charge is 2.17. The van der Waals surface area contributed by atoms with Gasteiger partial charge in [-0.25, -0.2) is 0 Å². The van der Waals surface area contributed by atoms with E-state index in [0.29, 0.717) is 11.8 Å². The number of hydrogen-bond acceptors (Lipinski definition) is 1. The number of nitrogens with one attached hydrogen (secondary N) is 1. The first-order valence-electron chi connectivity index (χ1n) is 9.69. The van der Waals surface area contributed by atoms with Gasteiger partial charge >= 0.3 is 0 Å². The van der Waals surface area contributed by atoms with Crippen LogP contribution in [0.2, 0.25) is 0 Å². The van der Waals surface area contributed by atoms with Crippen LogP contribution in [0.5, 0.6) is 0 Å². The topological polar surface area (TPSA) is 12.0 Å². The van der Waals surface area contributed by atoms with Gasteiger partial charge < -0.3 is 5.32 Å². The van der Waals surface area contributed by atoms with Crippen molar-refractivity contribution in [1.82, 2.24) is 5.32 Å². The zero-order valence-corrected chi connectivity index (χ0v) is 15.9. The third-order valence-corrected chi connectivity index (χ3v) is 5.13. The minimum atomic E-state index is 0.593. The SMILES string of the molecule is CCC1C=CCC(/C=C(NC)\C(=C\c2ccccc2)c2ccccc2)C1. The molecule has 1 N–H and O–H groups in total. The Hall–Kier alpha value is -2.54. The van der Waals surface area contributed by atoms with E-state index in [-0.39, 0.29) is 0 Å². The molecule has 134 valence electrons. The molecule has 0 spiro atoms. The van der Waals surface area contributed by atoms with Crippen LogP contribution in [0.4, 0.5) is 0 Å². The highest BCUT2D eigenvalue weighted by Crippen LogP contribution is 2.31. The van der Waals surface area contributed by atoms with Gasteiger partial charge in [-0.2, -0.15) is 0 Å². The second kappa shape index (κ2) is 9.24. The molecule has 1 aliphatic carbocycles. The summed E-state index contributed by atoms with van der Waals surface area (Å²) in [7, 11) is 2.03. The van der Waals surface area contributed by atoms with Crippen molar-refractivity contribution in [3.8, 4) is 0 Å². The van der Waals surface area contributed by atoms with Crippen molar-refractivity contribution in [1.29, 1.82) is 0 Å². The average molecular weight is 344 g/mol. The normalized spacial score (nSPS) is 20.8. The Morgan fingerprint density at radius 1 is 1.04 bits per heavy atom. The van der Waals surface area contributed by atoms with Crippen LogP contribution >= 0.6 is 0 Å². The van der Waals surface area contributed by atoms with E-state index < -0.39 is 0 Å². The van der Waals surface area contributed by atoms with Crippen molar-refractivity contribution in [3.63, 3.8) is 0 Å². The Morgan fingerprint density at radius 3 is 2.38 bits per heavy atom. The van der Waals surface area contributed by atoms with Gasteiger partial charge in [0.15, 0.2) is 0 Å². The van der Waals surface area contributed by atoms with Crippen LogP contribution in [0, 0.1) is 11.8 Å². The Morgan fingerprint density at radius 2 is 1.73 bits per heavy atom. The van der Waals surface area contributed by atoms with Crippen molar-refractivity contribution in [2.75, 3.05) is 7.05 Å². The van der Waals surface area contributed by atoms with E-state index in [1.54, 1.807) is 0 Å². The predicted octanol–water partition coefficient (Wildman–Crippen LogP) is 6.32. The van der Waals surface area contributed by atoms with Gasteiger partial charge in [0.1, 0.15) is 0 Å². The molecule has 2 unspecified atom stereocenters. The molecule has 0 amide bonds. The first-order valence-corrected chi connectivity index (χ1v) is 9.69. The van der Waals surface area contributed by atoms with Gasteiger partial charge in [-0.05, 0) is 48.3 Å². The van der Waals surface area contributed by atoms with Crippen LogP contribution in [-0.2, 0) is 0 Å². The van der Waals surface area contributed by atoms with Crippen molar-refractivity contribution in [2.45, 2.75) is 26.2 Å². The maximum atomic E-state index is 3.47. The maximum Gasteiger partial charge on any atom is 0.0379 e. The second-order valence-electron chi connectivity index (χ2n) is 6.99. The van der Waals surface area contributed by atoms with E-state index in [4.69, 9.17) is 0 Å². The lowest BCUT2D eigenvalue weighted by molar-refractivity contribution is 0.450. The van der Waals surface area contributed by atoms with Crippen LogP contribution in [0.3, 0.4) is 0 Å². The predicted molar refractivity (Wildman–Crippen MR) is 114 cm³/mol. The fraction of sp³-hybridized carbons (Fsp3) is 0.280. The lowest BCUT2D eigenvalue weighted by atomic mass is 9.84. The molecule has 0 aliphatic heterocycles. The van der Waals surface area contributed by atoms with Gasteiger partial charge in [0.25, 0.3) is 0 Å². The first-order chi connectivity index (χ1) is 12.8. The third kappa shape index (κ3) is 4.76. The minimum Gasteiger partial charge on any atom is -0.388 e. The Balaban J connectivity index is 1.98. The van der Waals surface area contributed by atoms with Crippen molar-refractivity contribution in [3.05, 3.63) is 95.7 Å². The summed E-state index contributed by atoms with van der Waals surface area (Å²) in [5, 5.41) is 3.47. The largest absolute Gasteiger partial charge is 0.388 e. The standard InChI is InChI=1S/C25H29N/c1-3-20-13-10-14-22(17-20)19-25(26-2)24(23-15-8-5-9-16-23)18-21-11-6-4-7-12-21/h4-13,15-16,18-20,22,26H,3,14,17H2,1-2H3/b24-18+,25-19+. The molecule has 2 aromatic carbocycles. The quantitative estimate of drug-likeness (QED) is 0.367. The van der Waals surface area contributed by atoms with Gasteiger partial charge in [0, 0.05) is 18.3 Å². The molecular weight excluding hydrogens is 314 g/mol. The van der Waals surface area contributed by atoms with E-state index in [1.165, 1.54) is 35.2 Å². The molecule has 0 radical (unpaired) electrons. The van der Waals surface area contributed by atoms with Crippen molar-refractivity contribution in [2.24, 2.45) is 11.8 Å². The van der Waals surface area contributed by atoms with Crippen molar-refractivity contribution >= 4 is 11.6 Å². The van der Waals surface area contributed by atoms with Crippen LogP contribution in [0.25, 0.3) is 11.6 Å². The van der Waals surface area contributed by atoms with E-state index in [0.717, 1.165) is 6.42 Å². The number of rotatable bonds is 6. The fourth-order valence-corrected chi connectivity index (χ4v) is 3.64. The molecule has 0 aromatic heterocycles. The molecule has 3 rings (SSSR count). The van der Waals surface area contributed by atoms with Crippen LogP contribution < -0.4 is 5.32 Å². The highest BCUT2D eigenvalue weighted by molar-refractivity contribution is 5.90. The molecule has 0 heterocycles. The van der Waals surface area contributed by atoms with E-state index in [2.05, 4.69) is 97.2 Å². The number of allylic oxidation sites excluding steroid dienone is 4. The Kier molecular flexibility index (Phi) is 6.49. The number of hydrogen-bond donors (Lipinski definition) is 1. The van der Waals surface area contributed by atoms with E-state index >= 15 is 0 Å². The number of likely N-dealkylation sites (N-methyl/N-ethyl adjacent to an activating group) is 1. The summed E-state index contributed by atoms with van der Waals surface area (Å²) >= 11 is 0. The van der Waals surface area contributed by atoms with Gasteiger partial charge in [0.05, 0.1) is 0 Å². The average Bonchev–Trinajstić information content (AvgIpc) is 2.72.